The lowest BCUT2D eigenvalue weighted by molar-refractivity contribution is 0.0925. The lowest BCUT2D eigenvalue weighted by atomic mass is 10.1. The molecule has 1 N–H and O–H groups in total. The van der Waals surface area contributed by atoms with Gasteiger partial charge in [-0.15, -0.1) is 0 Å². The van der Waals surface area contributed by atoms with Gasteiger partial charge in [-0.2, -0.15) is 0 Å². The summed E-state index contributed by atoms with van der Waals surface area (Å²) in [4.78, 5) is 16.7. The van der Waals surface area contributed by atoms with Crippen LogP contribution in [-0.4, -0.2) is 22.0 Å². The van der Waals surface area contributed by atoms with Crippen LogP contribution in [0.4, 0.5) is 0 Å². The number of aromatic nitrogens is 2. The van der Waals surface area contributed by atoms with Crippen LogP contribution in [0.25, 0.3) is 11.0 Å². The lowest BCUT2D eigenvalue weighted by Crippen LogP contribution is -2.23. The van der Waals surface area contributed by atoms with E-state index < -0.39 is 0 Å². The Hall–Kier alpha value is -2.56. The minimum absolute atomic E-state index is 0.143. The number of benzene rings is 1. The van der Waals surface area contributed by atoms with Crippen LogP contribution in [0.1, 0.15) is 55.9 Å². The Morgan fingerprint density at radius 2 is 2.00 bits per heavy atom. The van der Waals surface area contributed by atoms with E-state index in [0.29, 0.717) is 18.2 Å². The van der Waals surface area contributed by atoms with Crippen molar-refractivity contribution in [1.82, 2.24) is 14.9 Å². The molecule has 0 unspecified atom stereocenters. The largest absolute Gasteiger partial charge is 0.459 e. The number of aryl methyl sites for hydroxylation is 2. The third kappa shape index (κ3) is 5.22. The van der Waals surface area contributed by atoms with Gasteiger partial charge in [0.1, 0.15) is 5.82 Å². The summed E-state index contributed by atoms with van der Waals surface area (Å²) in [5.74, 6) is 2.08. The molecule has 5 nitrogen and oxygen atoms in total. The number of imidazole rings is 1. The average molecular weight is 367 g/mol. The molecule has 0 radical (unpaired) electrons. The smallest absolute Gasteiger partial charge is 0.286 e. The van der Waals surface area contributed by atoms with Crippen LogP contribution < -0.4 is 5.32 Å². The number of hydrogen-bond donors (Lipinski definition) is 1. The highest BCUT2D eigenvalue weighted by Gasteiger charge is 2.11. The zero-order valence-corrected chi connectivity index (χ0v) is 16.3. The monoisotopic (exact) mass is 367 g/mol. The predicted octanol–water partition coefficient (Wildman–Crippen LogP) is 4.82. The van der Waals surface area contributed by atoms with E-state index in [-0.39, 0.29) is 5.91 Å². The molecule has 0 bridgehead atoms. The van der Waals surface area contributed by atoms with Crippen LogP contribution >= 0.6 is 0 Å². The number of furan rings is 1. The van der Waals surface area contributed by atoms with E-state index in [9.17, 15) is 4.79 Å². The number of unbranched alkanes of at least 4 members (excludes halogenated alkanes) is 2. The Kier molecular flexibility index (Phi) is 6.69. The molecule has 5 heteroatoms. The van der Waals surface area contributed by atoms with Gasteiger partial charge in [0.15, 0.2) is 5.76 Å². The number of hydrogen-bond acceptors (Lipinski definition) is 3. The van der Waals surface area contributed by atoms with E-state index in [1.54, 1.807) is 12.1 Å². The molecule has 2 aromatic heterocycles. The normalized spacial score (nSPS) is 11.4. The molecule has 1 aromatic carbocycles. The van der Waals surface area contributed by atoms with Gasteiger partial charge in [-0.25, -0.2) is 4.98 Å². The van der Waals surface area contributed by atoms with Gasteiger partial charge in [0, 0.05) is 19.5 Å². The first-order valence-corrected chi connectivity index (χ1v) is 9.91. The first-order chi connectivity index (χ1) is 13.1. The van der Waals surface area contributed by atoms with Crippen LogP contribution in [0.3, 0.4) is 0 Å². The maximum absolute atomic E-state index is 11.8. The molecule has 27 heavy (non-hydrogen) atoms. The van der Waals surface area contributed by atoms with Gasteiger partial charge in [-0.05, 0) is 49.4 Å². The number of carbonyl (C=O) groups excluding carboxylic acids is 1. The Bertz CT molecular complexity index is 850. The topological polar surface area (TPSA) is 60.1 Å². The molecule has 3 aromatic rings. The summed E-state index contributed by atoms with van der Waals surface area (Å²) >= 11 is 0. The Morgan fingerprint density at radius 1 is 1.15 bits per heavy atom. The molecule has 0 atom stereocenters. The molecular weight excluding hydrogens is 338 g/mol. The van der Waals surface area contributed by atoms with Crippen molar-refractivity contribution in [1.29, 1.82) is 0 Å². The van der Waals surface area contributed by atoms with Crippen molar-refractivity contribution in [2.24, 2.45) is 5.92 Å². The Morgan fingerprint density at radius 3 is 2.78 bits per heavy atom. The van der Waals surface area contributed by atoms with E-state index in [2.05, 4.69) is 41.9 Å². The number of carbonyl (C=O) groups is 1. The zero-order chi connectivity index (χ0) is 19.1. The summed E-state index contributed by atoms with van der Waals surface area (Å²) in [6.07, 6.45) is 6.73. The van der Waals surface area contributed by atoms with Crippen LogP contribution in [0.5, 0.6) is 0 Å². The van der Waals surface area contributed by atoms with E-state index in [0.717, 1.165) is 44.2 Å². The standard InChI is InChI=1S/C22H29N3O2/c1-17(2)13-15-25-19-10-6-5-9-18(19)24-21(25)12-4-3-7-14-23-22(26)20-11-8-16-27-20/h5-6,8-11,16-17H,3-4,7,12-15H2,1-2H3,(H,23,26). The Balaban J connectivity index is 1.48. The quantitative estimate of drug-likeness (QED) is 0.523. The molecule has 0 fully saturated rings. The van der Waals surface area contributed by atoms with Crippen molar-refractivity contribution in [3.63, 3.8) is 0 Å². The molecule has 2 heterocycles. The SMILES string of the molecule is CC(C)CCn1c(CCCCCNC(=O)c2ccco2)nc2ccccc21. The van der Waals surface area contributed by atoms with Crippen molar-refractivity contribution >= 4 is 16.9 Å². The van der Waals surface area contributed by atoms with E-state index >= 15 is 0 Å². The van der Waals surface area contributed by atoms with Gasteiger partial charge in [-0.3, -0.25) is 4.79 Å². The maximum atomic E-state index is 11.8. The fraction of sp³-hybridized carbons (Fsp3) is 0.455. The average Bonchev–Trinajstić information content (AvgIpc) is 3.30. The number of fused-ring (bicyclic) bond motifs is 1. The molecule has 0 saturated carbocycles. The molecule has 0 aliphatic rings. The summed E-state index contributed by atoms with van der Waals surface area (Å²) in [5.41, 5.74) is 2.32. The Labute approximate surface area is 160 Å². The van der Waals surface area contributed by atoms with Crippen LogP contribution in [0.2, 0.25) is 0 Å². The second kappa shape index (κ2) is 9.40. The number of nitrogens with zero attached hydrogens (tertiary/aromatic N) is 2. The summed E-state index contributed by atoms with van der Waals surface area (Å²) in [7, 11) is 0. The predicted molar refractivity (Wildman–Crippen MR) is 108 cm³/mol. The van der Waals surface area contributed by atoms with Crippen LogP contribution in [0, 0.1) is 5.92 Å². The van der Waals surface area contributed by atoms with Crippen molar-refractivity contribution in [3.05, 3.63) is 54.2 Å². The second-order valence-electron chi connectivity index (χ2n) is 7.39. The summed E-state index contributed by atoms with van der Waals surface area (Å²) in [6.45, 7) is 6.21. The van der Waals surface area contributed by atoms with Crippen molar-refractivity contribution in [2.45, 2.75) is 52.5 Å². The highest BCUT2D eigenvalue weighted by molar-refractivity contribution is 5.91. The number of amides is 1. The maximum Gasteiger partial charge on any atom is 0.286 e. The van der Waals surface area contributed by atoms with E-state index in [4.69, 9.17) is 9.40 Å². The number of rotatable bonds is 10. The summed E-state index contributed by atoms with van der Waals surface area (Å²) in [5, 5.41) is 2.90. The second-order valence-corrected chi connectivity index (χ2v) is 7.39. The van der Waals surface area contributed by atoms with Crippen LogP contribution in [0.15, 0.2) is 47.1 Å². The fourth-order valence-corrected chi connectivity index (χ4v) is 3.23. The molecule has 0 aliphatic heterocycles. The minimum atomic E-state index is -0.143. The molecule has 1 amide bonds. The van der Waals surface area contributed by atoms with Gasteiger partial charge in [0.25, 0.3) is 5.91 Å². The lowest BCUT2D eigenvalue weighted by Gasteiger charge is -2.11. The molecular formula is C22H29N3O2. The number of para-hydroxylation sites is 2. The molecule has 0 aliphatic carbocycles. The van der Waals surface area contributed by atoms with Gasteiger partial charge in [-0.1, -0.05) is 32.4 Å². The van der Waals surface area contributed by atoms with Crippen LogP contribution in [-0.2, 0) is 13.0 Å². The molecule has 144 valence electrons. The number of nitrogens with one attached hydrogen (secondary N) is 1. The fourth-order valence-electron chi connectivity index (χ4n) is 3.23. The van der Waals surface area contributed by atoms with Crippen molar-refractivity contribution in [2.75, 3.05) is 6.54 Å². The van der Waals surface area contributed by atoms with E-state index in [1.807, 2.05) is 6.07 Å². The highest BCUT2D eigenvalue weighted by atomic mass is 16.3. The van der Waals surface area contributed by atoms with Crippen molar-refractivity contribution < 1.29 is 9.21 Å². The summed E-state index contributed by atoms with van der Waals surface area (Å²) < 4.78 is 7.47. The minimum Gasteiger partial charge on any atom is -0.459 e. The van der Waals surface area contributed by atoms with Gasteiger partial charge >= 0.3 is 0 Å². The molecule has 3 rings (SSSR count). The first-order valence-electron chi connectivity index (χ1n) is 9.91. The van der Waals surface area contributed by atoms with E-state index in [1.165, 1.54) is 17.6 Å². The highest BCUT2D eigenvalue weighted by Crippen LogP contribution is 2.19. The molecule has 0 saturated heterocycles. The van der Waals surface area contributed by atoms with Crippen molar-refractivity contribution in [3.8, 4) is 0 Å². The zero-order valence-electron chi connectivity index (χ0n) is 16.3. The first kappa shape index (κ1) is 19.2. The van der Waals surface area contributed by atoms with Gasteiger partial charge < -0.3 is 14.3 Å². The van der Waals surface area contributed by atoms with Gasteiger partial charge in [0.2, 0.25) is 0 Å². The molecule has 0 spiro atoms. The third-order valence-electron chi connectivity index (χ3n) is 4.77. The third-order valence-corrected chi connectivity index (χ3v) is 4.77. The van der Waals surface area contributed by atoms with Gasteiger partial charge in [0.05, 0.1) is 17.3 Å². The summed E-state index contributed by atoms with van der Waals surface area (Å²) in [6, 6.07) is 11.8.